The fourth-order valence-electron chi connectivity index (χ4n) is 2.02. The number of halogens is 1. The van der Waals surface area contributed by atoms with E-state index in [1.54, 1.807) is 24.5 Å². The zero-order valence-corrected chi connectivity index (χ0v) is 15.5. The minimum absolute atomic E-state index is 0.652. The first-order valence-corrected chi connectivity index (χ1v) is 9.42. The van der Waals surface area contributed by atoms with Crippen LogP contribution in [0.5, 0.6) is 5.75 Å². The second-order valence-corrected chi connectivity index (χ2v) is 7.41. The van der Waals surface area contributed by atoms with Crippen LogP contribution in [0.2, 0.25) is 0 Å². The molecule has 0 aliphatic heterocycles. The van der Waals surface area contributed by atoms with E-state index in [1.807, 2.05) is 35.7 Å². The highest BCUT2D eigenvalue weighted by atomic mass is 79.9. The highest BCUT2D eigenvalue weighted by Gasteiger charge is 2.12. The molecule has 0 bridgehead atoms. The monoisotopic (exact) mass is 408 g/mol. The second kappa shape index (κ2) is 7.33. The molecule has 0 N–H and O–H groups in total. The molecule has 0 aliphatic carbocycles. The first kappa shape index (κ1) is 16.3. The first-order valence-electron chi connectivity index (χ1n) is 6.76. The number of hydrogen-bond acceptors (Lipinski definition) is 5. The average molecular weight is 409 g/mol. The molecular weight excluding hydrogens is 396 g/mol. The molecule has 3 rings (SSSR count). The maximum atomic E-state index is 11.6. The fraction of sp³-hybridized carbons (Fsp3) is 0.125. The summed E-state index contributed by atoms with van der Waals surface area (Å²) < 4.78 is 7.26. The number of thiazole rings is 1. The molecule has 0 saturated heterocycles. The molecule has 0 saturated carbocycles. The maximum Gasteiger partial charge on any atom is 0.251 e. The van der Waals surface area contributed by atoms with Gasteiger partial charge in [0, 0.05) is 27.7 Å². The number of benzene rings is 1. The van der Waals surface area contributed by atoms with Gasteiger partial charge >= 0.3 is 0 Å². The Balaban J connectivity index is 1.79. The van der Waals surface area contributed by atoms with Gasteiger partial charge in [0.1, 0.15) is 10.8 Å². The summed E-state index contributed by atoms with van der Waals surface area (Å²) in [5, 5.41) is 15.2. The van der Waals surface area contributed by atoms with Crippen molar-refractivity contribution in [3.05, 3.63) is 63.3 Å². The predicted molar refractivity (Wildman–Crippen MR) is 96.8 cm³/mol. The highest BCUT2D eigenvalue weighted by molar-refractivity contribution is 9.10. The van der Waals surface area contributed by atoms with Crippen molar-refractivity contribution in [3.63, 3.8) is 0 Å². The van der Waals surface area contributed by atoms with E-state index >= 15 is 0 Å². The van der Waals surface area contributed by atoms with Crippen molar-refractivity contribution in [3.8, 4) is 16.3 Å². The summed E-state index contributed by atoms with van der Waals surface area (Å²) in [7, 11) is 1.65. The van der Waals surface area contributed by atoms with Gasteiger partial charge in [-0.1, -0.05) is 15.9 Å². The summed E-state index contributed by atoms with van der Waals surface area (Å²) >= 11 is 6.52. The molecule has 0 spiro atoms. The van der Waals surface area contributed by atoms with Crippen LogP contribution in [0.1, 0.15) is 5.69 Å². The summed E-state index contributed by atoms with van der Waals surface area (Å²) in [4.78, 5) is 4.66. The van der Waals surface area contributed by atoms with Gasteiger partial charge in [0.2, 0.25) is 0 Å². The van der Waals surface area contributed by atoms with E-state index in [0.717, 1.165) is 31.2 Å². The molecule has 0 atom stereocenters. The Morgan fingerprint density at radius 1 is 1.35 bits per heavy atom. The van der Waals surface area contributed by atoms with Gasteiger partial charge in [0.15, 0.2) is 6.20 Å². The van der Waals surface area contributed by atoms with Gasteiger partial charge in [-0.05, 0) is 36.0 Å². The quantitative estimate of drug-likeness (QED) is 0.354. The van der Waals surface area contributed by atoms with Crippen LogP contribution >= 0.6 is 39.0 Å². The van der Waals surface area contributed by atoms with Crippen molar-refractivity contribution >= 4 is 39.0 Å². The van der Waals surface area contributed by atoms with E-state index in [0.29, 0.717) is 10.8 Å². The standard InChI is InChI=1S/C16H13BrN2O2S2/c1-21-14-6-5-11(17)8-13(14)16-18-12(10-23-16)9-22-15-4-2-3-7-19(15)20/h2-8,10H,9H2,1H3. The summed E-state index contributed by atoms with van der Waals surface area (Å²) in [6.07, 6.45) is 1.50. The first-order chi connectivity index (χ1) is 11.2. The number of pyridine rings is 1. The van der Waals surface area contributed by atoms with Crippen LogP contribution in [-0.4, -0.2) is 12.1 Å². The largest absolute Gasteiger partial charge is 0.618 e. The molecule has 0 unspecified atom stereocenters. The number of methoxy groups -OCH3 is 1. The van der Waals surface area contributed by atoms with Crippen LogP contribution in [-0.2, 0) is 5.75 Å². The lowest BCUT2D eigenvalue weighted by Gasteiger charge is -2.06. The zero-order chi connectivity index (χ0) is 16.2. The van der Waals surface area contributed by atoms with E-state index < -0.39 is 0 Å². The molecule has 23 heavy (non-hydrogen) atoms. The zero-order valence-electron chi connectivity index (χ0n) is 12.2. The van der Waals surface area contributed by atoms with Gasteiger partial charge in [-0.25, -0.2) is 4.98 Å². The molecule has 3 aromatic rings. The minimum Gasteiger partial charge on any atom is -0.618 e. The Labute approximate surface area is 150 Å². The van der Waals surface area contributed by atoms with Gasteiger partial charge in [0.05, 0.1) is 18.4 Å². The van der Waals surface area contributed by atoms with Crippen LogP contribution in [0, 0.1) is 5.21 Å². The fourth-order valence-corrected chi connectivity index (χ4v) is 4.13. The Kier molecular flexibility index (Phi) is 5.20. The smallest absolute Gasteiger partial charge is 0.251 e. The topological polar surface area (TPSA) is 49.1 Å². The van der Waals surface area contributed by atoms with Crippen molar-refractivity contribution in [1.82, 2.24) is 4.98 Å². The molecule has 2 aromatic heterocycles. The number of ether oxygens (including phenoxy) is 1. The highest BCUT2D eigenvalue weighted by Crippen LogP contribution is 2.35. The number of aromatic nitrogens is 2. The number of hydrogen-bond donors (Lipinski definition) is 0. The van der Waals surface area contributed by atoms with Crippen molar-refractivity contribution < 1.29 is 9.47 Å². The van der Waals surface area contributed by atoms with Crippen LogP contribution in [0.15, 0.2) is 57.5 Å². The third kappa shape index (κ3) is 3.85. The summed E-state index contributed by atoms with van der Waals surface area (Å²) in [6, 6.07) is 11.2. The van der Waals surface area contributed by atoms with E-state index in [-0.39, 0.29) is 0 Å². The maximum absolute atomic E-state index is 11.6. The molecule has 2 heterocycles. The van der Waals surface area contributed by atoms with Crippen LogP contribution < -0.4 is 9.47 Å². The third-order valence-electron chi connectivity index (χ3n) is 3.10. The van der Waals surface area contributed by atoms with Gasteiger partial charge < -0.3 is 9.94 Å². The van der Waals surface area contributed by atoms with E-state index in [1.165, 1.54) is 18.0 Å². The van der Waals surface area contributed by atoms with Crippen LogP contribution in [0.4, 0.5) is 0 Å². The van der Waals surface area contributed by atoms with Crippen molar-refractivity contribution in [2.24, 2.45) is 0 Å². The normalized spacial score (nSPS) is 10.7. The minimum atomic E-state index is 0.652. The Morgan fingerprint density at radius 2 is 2.22 bits per heavy atom. The molecule has 0 amide bonds. The molecular formula is C16H13BrN2O2S2. The Morgan fingerprint density at radius 3 is 3.00 bits per heavy atom. The van der Waals surface area contributed by atoms with E-state index in [4.69, 9.17) is 4.74 Å². The molecule has 4 nitrogen and oxygen atoms in total. The van der Waals surface area contributed by atoms with Crippen LogP contribution in [0.25, 0.3) is 10.6 Å². The molecule has 1 aromatic carbocycles. The summed E-state index contributed by atoms with van der Waals surface area (Å²) in [5.41, 5.74) is 1.91. The molecule has 118 valence electrons. The molecule has 0 radical (unpaired) electrons. The van der Waals surface area contributed by atoms with Crippen molar-refractivity contribution in [2.75, 3.05) is 7.11 Å². The van der Waals surface area contributed by atoms with Crippen molar-refractivity contribution in [2.45, 2.75) is 10.8 Å². The van der Waals surface area contributed by atoms with Crippen LogP contribution in [0.3, 0.4) is 0 Å². The lowest BCUT2D eigenvalue weighted by atomic mass is 10.2. The number of thioether (sulfide) groups is 1. The third-order valence-corrected chi connectivity index (χ3v) is 5.57. The van der Waals surface area contributed by atoms with E-state index in [2.05, 4.69) is 20.9 Å². The molecule has 0 aliphatic rings. The van der Waals surface area contributed by atoms with E-state index in [9.17, 15) is 5.21 Å². The number of nitrogens with zero attached hydrogens (tertiary/aromatic N) is 2. The summed E-state index contributed by atoms with van der Waals surface area (Å²) in [6.45, 7) is 0. The Hall–Kier alpha value is -1.57. The van der Waals surface area contributed by atoms with Gasteiger partial charge in [-0.3, -0.25) is 0 Å². The summed E-state index contributed by atoms with van der Waals surface area (Å²) in [5.74, 6) is 1.45. The van der Waals surface area contributed by atoms with Gasteiger partial charge in [-0.15, -0.1) is 11.3 Å². The lowest BCUT2D eigenvalue weighted by molar-refractivity contribution is -0.645. The molecule has 7 heteroatoms. The lowest BCUT2D eigenvalue weighted by Crippen LogP contribution is -2.27. The van der Waals surface area contributed by atoms with Gasteiger partial charge in [-0.2, -0.15) is 4.73 Å². The second-order valence-electron chi connectivity index (χ2n) is 4.64. The average Bonchev–Trinajstić information content (AvgIpc) is 3.03. The SMILES string of the molecule is COc1ccc(Br)cc1-c1nc(CSc2cccc[n+]2[O-])cs1. The van der Waals surface area contributed by atoms with Crippen molar-refractivity contribution in [1.29, 1.82) is 0 Å². The predicted octanol–water partition coefficient (Wildman–Crippen LogP) is 4.51. The Bertz CT molecular complexity index is 823. The number of rotatable bonds is 5. The molecule has 0 fully saturated rings. The van der Waals surface area contributed by atoms with Gasteiger partial charge in [0.25, 0.3) is 5.03 Å².